The normalized spacial score (nSPS) is 13.9. The number of fused-ring (bicyclic) bond motifs is 1. The molecule has 2 amide bonds. The molecule has 5 N–H and O–H groups in total. The zero-order valence-corrected chi connectivity index (χ0v) is 28.1. The fourth-order valence-electron chi connectivity index (χ4n) is 4.83. The number of Topliss-reactive ketones (excluding diaryl/α,β-unsaturated/α-hetero) is 1. The number of aryl methyl sites for hydroxylation is 2. The number of benzene rings is 4. The summed E-state index contributed by atoms with van der Waals surface area (Å²) in [6.07, 6.45) is 1.07. The number of amides is 2. The second-order valence-electron chi connectivity index (χ2n) is 11.0. The van der Waals surface area contributed by atoms with Crippen molar-refractivity contribution in [3.63, 3.8) is 0 Å². The van der Waals surface area contributed by atoms with E-state index in [9.17, 15) is 40.3 Å². The van der Waals surface area contributed by atoms with E-state index < -0.39 is 42.5 Å². The van der Waals surface area contributed by atoms with E-state index in [1.54, 1.807) is 44.2 Å². The maximum atomic E-state index is 13.5. The number of hydrazone groups is 1. The Hall–Kier alpha value is -5.88. The third-order valence-corrected chi connectivity index (χ3v) is 8.97. The molecule has 0 spiro atoms. The molecule has 256 valence electrons. The minimum atomic E-state index is -4.94. The van der Waals surface area contributed by atoms with Gasteiger partial charge >= 0.3 is 0 Å². The molecule has 0 bridgehead atoms. The first-order chi connectivity index (χ1) is 23.5. The smallest absolute Gasteiger partial charge is 0.296 e. The van der Waals surface area contributed by atoms with Crippen LogP contribution in [0.2, 0.25) is 0 Å². The Kier molecular flexibility index (Phi) is 9.87. The van der Waals surface area contributed by atoms with Gasteiger partial charge in [0.25, 0.3) is 26.1 Å². The molecule has 0 atom stereocenters. The lowest BCUT2D eigenvalue weighted by molar-refractivity contribution is -0.114. The van der Waals surface area contributed by atoms with Crippen LogP contribution in [0.1, 0.15) is 44.3 Å². The fourth-order valence-corrected chi connectivity index (χ4v) is 6.05. The average Bonchev–Trinajstić information content (AvgIpc) is 3.03. The summed E-state index contributed by atoms with van der Waals surface area (Å²) >= 11 is 0. The van der Waals surface area contributed by atoms with Gasteiger partial charge in [-0.1, -0.05) is 6.07 Å². The van der Waals surface area contributed by atoms with Crippen molar-refractivity contribution in [1.82, 2.24) is 0 Å². The molecule has 0 saturated heterocycles. The minimum absolute atomic E-state index is 0.0657. The van der Waals surface area contributed by atoms with Crippen molar-refractivity contribution in [2.24, 2.45) is 15.3 Å². The van der Waals surface area contributed by atoms with E-state index in [0.29, 0.717) is 33.9 Å². The van der Waals surface area contributed by atoms with Gasteiger partial charge in [0.2, 0.25) is 11.7 Å². The first-order valence-corrected chi connectivity index (χ1v) is 17.4. The van der Waals surface area contributed by atoms with Gasteiger partial charge in [-0.25, -0.2) is 0 Å². The quantitative estimate of drug-likeness (QED) is 0.0762. The van der Waals surface area contributed by atoms with E-state index in [0.717, 1.165) is 6.08 Å². The zero-order valence-electron chi connectivity index (χ0n) is 26.5. The molecule has 1 aliphatic carbocycles. The third kappa shape index (κ3) is 8.21. The molecule has 0 saturated carbocycles. The number of ketones is 1. The standard InChI is InChI=1S/C33H28N6O9S2/c1-18-13-25(36-37-29-12-9-26(14-19(29)2)49(43,44)45)8-11-28(18)38-39-31-30(50(46,47)48)17-22-16-24(7-10-27(22)32(31)41)35-33(42)21-5-4-6-23(15-21)34-20(3)40/h4-17,38H,1-3H3,(H,34,40)(H,35,42)(H,43,44,45)(H,46,47,48). The molecule has 0 aromatic heterocycles. The Balaban J connectivity index is 1.36. The highest BCUT2D eigenvalue weighted by atomic mass is 32.2. The van der Waals surface area contributed by atoms with Crippen molar-refractivity contribution in [3.05, 3.63) is 112 Å². The number of hydrogen-bond donors (Lipinski definition) is 5. The number of azo groups is 1. The van der Waals surface area contributed by atoms with Crippen LogP contribution in [-0.4, -0.2) is 49.3 Å². The van der Waals surface area contributed by atoms with Crippen molar-refractivity contribution in [2.45, 2.75) is 25.7 Å². The van der Waals surface area contributed by atoms with Crippen LogP contribution in [0.4, 0.5) is 28.4 Å². The zero-order chi connectivity index (χ0) is 36.4. The van der Waals surface area contributed by atoms with Crippen LogP contribution in [0.25, 0.3) is 6.08 Å². The lowest BCUT2D eigenvalue weighted by Gasteiger charge is -2.17. The van der Waals surface area contributed by atoms with Crippen LogP contribution in [-0.2, 0) is 25.0 Å². The highest BCUT2D eigenvalue weighted by Crippen LogP contribution is 2.30. The highest BCUT2D eigenvalue weighted by molar-refractivity contribution is 7.91. The molecule has 0 radical (unpaired) electrons. The minimum Gasteiger partial charge on any atom is -0.326 e. The highest BCUT2D eigenvalue weighted by Gasteiger charge is 2.33. The monoisotopic (exact) mass is 716 g/mol. The Morgan fingerprint density at radius 3 is 2.16 bits per heavy atom. The predicted molar refractivity (Wildman–Crippen MR) is 186 cm³/mol. The molecule has 0 heterocycles. The number of hydrogen-bond acceptors (Lipinski definition) is 11. The van der Waals surface area contributed by atoms with Crippen molar-refractivity contribution >= 4 is 78.1 Å². The third-order valence-electron chi connectivity index (χ3n) is 7.25. The van der Waals surface area contributed by atoms with Gasteiger partial charge in [-0.15, -0.1) is 0 Å². The molecular formula is C33H28N6O9S2. The summed E-state index contributed by atoms with van der Waals surface area (Å²) in [6.45, 7) is 4.63. The van der Waals surface area contributed by atoms with Crippen molar-refractivity contribution in [2.75, 3.05) is 16.1 Å². The number of allylic oxidation sites excluding steroid dienone is 1. The Morgan fingerprint density at radius 1 is 0.760 bits per heavy atom. The largest absolute Gasteiger partial charge is 0.326 e. The van der Waals surface area contributed by atoms with Crippen LogP contribution < -0.4 is 16.1 Å². The van der Waals surface area contributed by atoms with E-state index >= 15 is 0 Å². The molecule has 15 nitrogen and oxygen atoms in total. The number of anilines is 3. The van der Waals surface area contributed by atoms with Crippen molar-refractivity contribution < 1.29 is 40.3 Å². The summed E-state index contributed by atoms with van der Waals surface area (Å²) < 4.78 is 66.7. The molecule has 5 rings (SSSR count). The molecule has 0 fully saturated rings. The van der Waals surface area contributed by atoms with E-state index in [1.807, 2.05) is 0 Å². The molecule has 50 heavy (non-hydrogen) atoms. The van der Waals surface area contributed by atoms with Gasteiger partial charge in [0.05, 0.1) is 22.0 Å². The van der Waals surface area contributed by atoms with Gasteiger partial charge in [0.15, 0.2) is 5.71 Å². The SMILES string of the molecule is CC(=O)Nc1cccc(C(=O)Nc2ccc3c(c2)C=C(S(=O)(=O)O)C(=NNc2ccc(N=Nc4ccc(S(=O)(=O)O)cc4C)cc2C)C3=O)c1. The van der Waals surface area contributed by atoms with E-state index in [1.165, 1.54) is 55.5 Å². The maximum absolute atomic E-state index is 13.5. The lowest BCUT2D eigenvalue weighted by atomic mass is 9.94. The van der Waals surface area contributed by atoms with Crippen LogP contribution in [0.3, 0.4) is 0 Å². The van der Waals surface area contributed by atoms with E-state index in [2.05, 4.69) is 31.4 Å². The van der Waals surface area contributed by atoms with E-state index in [4.69, 9.17) is 0 Å². The van der Waals surface area contributed by atoms with Crippen LogP contribution in [0.15, 0.2) is 104 Å². The van der Waals surface area contributed by atoms with Gasteiger partial charge in [-0.05, 0) is 109 Å². The van der Waals surface area contributed by atoms with Crippen LogP contribution >= 0.6 is 0 Å². The summed E-state index contributed by atoms with van der Waals surface area (Å²) in [5.41, 5.74) is 5.33. The second-order valence-corrected chi connectivity index (χ2v) is 13.8. The molecule has 4 aromatic rings. The van der Waals surface area contributed by atoms with E-state index in [-0.39, 0.29) is 33.2 Å². The van der Waals surface area contributed by atoms with Crippen molar-refractivity contribution in [1.29, 1.82) is 0 Å². The number of carbonyl (C=O) groups is 3. The Bertz CT molecular complexity index is 2400. The summed E-state index contributed by atoms with van der Waals surface area (Å²) in [7, 11) is -9.31. The van der Waals surface area contributed by atoms with Gasteiger partial charge in [-0.2, -0.15) is 32.2 Å². The average molecular weight is 717 g/mol. The lowest BCUT2D eigenvalue weighted by Crippen LogP contribution is -2.27. The summed E-state index contributed by atoms with van der Waals surface area (Å²) in [6, 6.07) is 19.0. The van der Waals surface area contributed by atoms with Crippen LogP contribution in [0.5, 0.6) is 0 Å². The predicted octanol–water partition coefficient (Wildman–Crippen LogP) is 6.07. The number of rotatable bonds is 9. The molecule has 0 aliphatic heterocycles. The van der Waals surface area contributed by atoms with Crippen molar-refractivity contribution in [3.8, 4) is 0 Å². The number of nitrogens with zero attached hydrogens (tertiary/aromatic N) is 3. The first kappa shape index (κ1) is 35.4. The molecule has 0 unspecified atom stereocenters. The summed E-state index contributed by atoms with van der Waals surface area (Å²) in [5.74, 6) is -1.64. The topological polar surface area (TPSA) is 233 Å². The van der Waals surface area contributed by atoms with Crippen LogP contribution in [0, 0.1) is 13.8 Å². The van der Waals surface area contributed by atoms with Gasteiger partial charge < -0.3 is 10.6 Å². The Morgan fingerprint density at radius 2 is 1.50 bits per heavy atom. The number of carbonyl (C=O) groups excluding carboxylic acids is 3. The Labute approximate surface area is 286 Å². The maximum Gasteiger partial charge on any atom is 0.296 e. The summed E-state index contributed by atoms with van der Waals surface area (Å²) in [4.78, 5) is 36.7. The fraction of sp³-hybridized carbons (Fsp3) is 0.0909. The van der Waals surface area contributed by atoms with Gasteiger partial charge in [0, 0.05) is 29.4 Å². The molecular weight excluding hydrogens is 689 g/mol. The number of nitrogens with one attached hydrogen (secondary N) is 3. The second kappa shape index (κ2) is 13.9. The summed E-state index contributed by atoms with van der Waals surface area (Å²) in [5, 5.41) is 17.6. The molecule has 1 aliphatic rings. The molecule has 17 heteroatoms. The van der Waals surface area contributed by atoms with Gasteiger partial charge in [0.1, 0.15) is 4.91 Å². The first-order valence-electron chi connectivity index (χ1n) is 14.5. The van der Waals surface area contributed by atoms with Gasteiger partial charge in [-0.3, -0.25) is 28.9 Å². The molecule has 4 aromatic carbocycles.